The first-order valence-electron chi connectivity index (χ1n) is 5.03. The maximum absolute atomic E-state index is 9.10. The van der Waals surface area contributed by atoms with Gasteiger partial charge in [-0.15, -0.1) is 0 Å². The number of nitrogen functional groups attached to an aromatic ring is 1. The van der Waals surface area contributed by atoms with E-state index in [1.807, 2.05) is 42.5 Å². The molecule has 2 aromatic rings. The molecule has 0 atom stereocenters. The van der Waals surface area contributed by atoms with E-state index >= 15 is 0 Å². The van der Waals surface area contributed by atoms with E-state index in [4.69, 9.17) is 10.9 Å². The number of hydrogen-bond acceptors (Lipinski definition) is 3. The van der Waals surface area contributed by atoms with Gasteiger partial charge in [-0.25, -0.2) is 0 Å². The van der Waals surface area contributed by atoms with Gasteiger partial charge < -0.3 is 10.9 Å². The van der Waals surface area contributed by atoms with E-state index in [2.05, 4.69) is 5.16 Å². The quantitative estimate of drug-likeness (QED) is 0.340. The van der Waals surface area contributed by atoms with Gasteiger partial charge in [-0.05, 0) is 23.3 Å². The molecule has 78 valence electrons. The van der Waals surface area contributed by atoms with Crippen LogP contribution in [-0.2, 0) is 0 Å². The van der Waals surface area contributed by atoms with Gasteiger partial charge in [-0.3, -0.25) is 0 Å². The SMILES string of the molecule is Nc1ccc2c(c1)/C(=N\O)c1ccccc1-2. The van der Waals surface area contributed by atoms with Gasteiger partial charge in [-0.2, -0.15) is 0 Å². The molecule has 1 aliphatic rings. The molecule has 0 unspecified atom stereocenters. The third kappa shape index (κ3) is 1.05. The normalized spacial score (nSPS) is 14.9. The van der Waals surface area contributed by atoms with Crippen LogP contribution in [0, 0.1) is 0 Å². The van der Waals surface area contributed by atoms with Gasteiger partial charge >= 0.3 is 0 Å². The summed E-state index contributed by atoms with van der Waals surface area (Å²) < 4.78 is 0. The lowest BCUT2D eigenvalue weighted by Crippen LogP contribution is -1.98. The summed E-state index contributed by atoms with van der Waals surface area (Å²) in [6.45, 7) is 0. The van der Waals surface area contributed by atoms with Gasteiger partial charge in [-0.1, -0.05) is 35.5 Å². The van der Waals surface area contributed by atoms with Crippen molar-refractivity contribution in [3.63, 3.8) is 0 Å². The van der Waals surface area contributed by atoms with Crippen LogP contribution in [0.25, 0.3) is 11.1 Å². The van der Waals surface area contributed by atoms with Crippen LogP contribution in [0.1, 0.15) is 11.1 Å². The van der Waals surface area contributed by atoms with Gasteiger partial charge in [0.2, 0.25) is 0 Å². The molecule has 1 aliphatic carbocycles. The van der Waals surface area contributed by atoms with Crippen molar-refractivity contribution in [2.75, 3.05) is 5.73 Å². The summed E-state index contributed by atoms with van der Waals surface area (Å²) >= 11 is 0. The average molecular weight is 210 g/mol. The fourth-order valence-corrected chi connectivity index (χ4v) is 2.17. The summed E-state index contributed by atoms with van der Waals surface area (Å²) in [6, 6.07) is 13.5. The van der Waals surface area contributed by atoms with E-state index in [1.165, 1.54) is 0 Å². The second-order valence-corrected chi connectivity index (χ2v) is 3.80. The third-order valence-corrected chi connectivity index (χ3v) is 2.87. The van der Waals surface area contributed by atoms with Crippen molar-refractivity contribution >= 4 is 11.4 Å². The number of oxime groups is 1. The number of nitrogens with two attached hydrogens (primary N) is 1. The maximum atomic E-state index is 9.10. The van der Waals surface area contributed by atoms with Crippen LogP contribution in [0.5, 0.6) is 0 Å². The molecule has 0 saturated heterocycles. The van der Waals surface area contributed by atoms with E-state index in [1.54, 1.807) is 0 Å². The minimum atomic E-state index is 0.595. The Hall–Kier alpha value is -2.29. The molecular formula is C13H10N2O. The average Bonchev–Trinajstić information content (AvgIpc) is 2.61. The molecule has 0 radical (unpaired) electrons. The van der Waals surface area contributed by atoms with Crippen molar-refractivity contribution in [2.45, 2.75) is 0 Å². The number of fused-ring (bicyclic) bond motifs is 3. The fourth-order valence-electron chi connectivity index (χ4n) is 2.17. The number of anilines is 1. The van der Waals surface area contributed by atoms with Crippen molar-refractivity contribution in [3.8, 4) is 11.1 Å². The first-order valence-corrected chi connectivity index (χ1v) is 5.03. The van der Waals surface area contributed by atoms with Gasteiger partial charge in [0.15, 0.2) is 0 Å². The Kier molecular flexibility index (Phi) is 1.74. The van der Waals surface area contributed by atoms with Crippen LogP contribution in [0.3, 0.4) is 0 Å². The molecule has 2 aromatic carbocycles. The molecule has 3 rings (SSSR count). The predicted octanol–water partition coefficient (Wildman–Crippen LogP) is 2.48. The fraction of sp³-hybridized carbons (Fsp3) is 0. The van der Waals surface area contributed by atoms with Gasteiger partial charge in [0.05, 0.1) is 0 Å². The van der Waals surface area contributed by atoms with Crippen LogP contribution >= 0.6 is 0 Å². The molecule has 0 aliphatic heterocycles. The zero-order valence-electron chi connectivity index (χ0n) is 8.51. The van der Waals surface area contributed by atoms with Crippen molar-refractivity contribution in [1.82, 2.24) is 0 Å². The van der Waals surface area contributed by atoms with Crippen LogP contribution in [0.4, 0.5) is 5.69 Å². The Labute approximate surface area is 92.8 Å². The van der Waals surface area contributed by atoms with Gasteiger partial charge in [0, 0.05) is 16.8 Å². The van der Waals surface area contributed by atoms with Gasteiger partial charge in [0.25, 0.3) is 0 Å². The second-order valence-electron chi connectivity index (χ2n) is 3.80. The zero-order valence-corrected chi connectivity index (χ0v) is 8.51. The van der Waals surface area contributed by atoms with Crippen LogP contribution in [-0.4, -0.2) is 10.9 Å². The molecule has 3 N–H and O–H groups in total. The molecule has 0 aromatic heterocycles. The maximum Gasteiger partial charge on any atom is 0.118 e. The highest BCUT2D eigenvalue weighted by atomic mass is 16.4. The molecule has 0 saturated carbocycles. The zero-order chi connectivity index (χ0) is 11.1. The molecule has 0 heterocycles. The van der Waals surface area contributed by atoms with Crippen LogP contribution < -0.4 is 5.73 Å². The number of hydrogen-bond donors (Lipinski definition) is 2. The summed E-state index contributed by atoms with van der Waals surface area (Å²) in [7, 11) is 0. The Bertz CT molecular complexity index is 603. The van der Waals surface area contributed by atoms with E-state index in [0.717, 1.165) is 22.3 Å². The summed E-state index contributed by atoms with van der Waals surface area (Å²) in [5.74, 6) is 0. The molecular weight excluding hydrogens is 200 g/mol. The molecule has 0 spiro atoms. The minimum absolute atomic E-state index is 0.595. The Balaban J connectivity index is 2.39. The van der Waals surface area contributed by atoms with Crippen molar-refractivity contribution in [1.29, 1.82) is 0 Å². The molecule has 3 nitrogen and oxygen atoms in total. The Morgan fingerprint density at radius 2 is 1.56 bits per heavy atom. The van der Waals surface area contributed by atoms with E-state index in [0.29, 0.717) is 11.4 Å². The lowest BCUT2D eigenvalue weighted by atomic mass is 10.1. The van der Waals surface area contributed by atoms with E-state index < -0.39 is 0 Å². The lowest BCUT2D eigenvalue weighted by molar-refractivity contribution is 0.320. The smallest absolute Gasteiger partial charge is 0.118 e. The lowest BCUT2D eigenvalue weighted by Gasteiger charge is -2.00. The highest BCUT2D eigenvalue weighted by Gasteiger charge is 2.24. The second kappa shape index (κ2) is 3.10. The van der Waals surface area contributed by atoms with Crippen molar-refractivity contribution < 1.29 is 5.21 Å². The van der Waals surface area contributed by atoms with Gasteiger partial charge in [0.1, 0.15) is 5.71 Å². The van der Waals surface area contributed by atoms with Crippen LogP contribution in [0.2, 0.25) is 0 Å². The number of nitrogens with zero attached hydrogens (tertiary/aromatic N) is 1. The van der Waals surface area contributed by atoms with E-state index in [-0.39, 0.29) is 0 Å². The highest BCUT2D eigenvalue weighted by Crippen LogP contribution is 2.37. The summed E-state index contributed by atoms with van der Waals surface area (Å²) in [4.78, 5) is 0. The molecule has 0 bridgehead atoms. The Morgan fingerprint density at radius 1 is 0.875 bits per heavy atom. The summed E-state index contributed by atoms with van der Waals surface area (Å²) in [5.41, 5.74) is 11.0. The molecule has 0 amide bonds. The minimum Gasteiger partial charge on any atom is -0.410 e. The molecule has 16 heavy (non-hydrogen) atoms. The largest absolute Gasteiger partial charge is 0.410 e. The van der Waals surface area contributed by atoms with Crippen molar-refractivity contribution in [3.05, 3.63) is 53.6 Å². The standard InChI is InChI=1S/C13H10N2O/c14-8-5-6-10-9-3-1-2-4-11(9)13(15-16)12(10)7-8/h1-7,16H,14H2/b15-13-. The third-order valence-electron chi connectivity index (χ3n) is 2.87. The number of rotatable bonds is 0. The molecule has 3 heteroatoms. The first kappa shape index (κ1) is 8.97. The summed E-state index contributed by atoms with van der Waals surface area (Å²) in [6.07, 6.45) is 0. The predicted molar refractivity (Wildman–Crippen MR) is 63.7 cm³/mol. The first-order chi connectivity index (χ1) is 7.81. The summed E-state index contributed by atoms with van der Waals surface area (Å²) in [5, 5.41) is 12.5. The van der Waals surface area contributed by atoms with E-state index in [9.17, 15) is 0 Å². The number of benzene rings is 2. The van der Waals surface area contributed by atoms with Crippen molar-refractivity contribution in [2.24, 2.45) is 5.16 Å². The Morgan fingerprint density at radius 3 is 2.31 bits per heavy atom. The topological polar surface area (TPSA) is 58.6 Å². The molecule has 0 fully saturated rings. The highest BCUT2D eigenvalue weighted by molar-refractivity contribution is 6.24. The van der Waals surface area contributed by atoms with Crippen LogP contribution in [0.15, 0.2) is 47.6 Å². The monoisotopic (exact) mass is 210 g/mol.